The Kier molecular flexibility index (Phi) is 3.61. The van der Waals surface area contributed by atoms with E-state index in [9.17, 15) is 13.6 Å². The molecular weight excluding hydrogens is 260 g/mol. The Morgan fingerprint density at radius 2 is 2.17 bits per heavy atom. The van der Waals surface area contributed by atoms with E-state index in [0.717, 1.165) is 11.1 Å². The standard InChI is InChI=1S/C11H9F2N3OS/c1-2-8-15-16-11(18-8)14-10(17)6-4-3-5-7(12)9(6)13/h3-5H,2H2,1H3,(H,14,16,17). The molecule has 7 heteroatoms. The first kappa shape index (κ1) is 12.6. The Labute approximate surface area is 106 Å². The first-order chi connectivity index (χ1) is 8.61. The van der Waals surface area contributed by atoms with Gasteiger partial charge in [-0.2, -0.15) is 0 Å². The van der Waals surface area contributed by atoms with Crippen LogP contribution in [0.5, 0.6) is 0 Å². The minimum atomic E-state index is -1.17. The summed E-state index contributed by atoms with van der Waals surface area (Å²) in [6.07, 6.45) is 0.696. The van der Waals surface area contributed by atoms with E-state index in [2.05, 4.69) is 15.5 Å². The van der Waals surface area contributed by atoms with Crippen LogP contribution in [0.3, 0.4) is 0 Å². The smallest absolute Gasteiger partial charge is 0.260 e. The van der Waals surface area contributed by atoms with E-state index < -0.39 is 17.5 Å². The van der Waals surface area contributed by atoms with E-state index in [1.807, 2.05) is 6.92 Å². The van der Waals surface area contributed by atoms with E-state index in [1.165, 1.54) is 23.5 Å². The molecule has 0 atom stereocenters. The van der Waals surface area contributed by atoms with Gasteiger partial charge in [-0.25, -0.2) is 8.78 Å². The van der Waals surface area contributed by atoms with Crippen LogP contribution in [-0.2, 0) is 6.42 Å². The molecule has 0 saturated carbocycles. The molecule has 18 heavy (non-hydrogen) atoms. The zero-order valence-corrected chi connectivity index (χ0v) is 10.2. The van der Waals surface area contributed by atoms with Crippen LogP contribution in [0.25, 0.3) is 0 Å². The molecule has 0 fully saturated rings. The Balaban J connectivity index is 2.19. The summed E-state index contributed by atoms with van der Waals surface area (Å²) in [7, 11) is 0. The first-order valence-electron chi connectivity index (χ1n) is 5.19. The number of amides is 1. The molecule has 2 rings (SSSR count). The molecule has 0 saturated heterocycles. The first-order valence-corrected chi connectivity index (χ1v) is 6.01. The molecule has 1 amide bonds. The molecule has 0 unspecified atom stereocenters. The summed E-state index contributed by atoms with van der Waals surface area (Å²) >= 11 is 1.20. The molecule has 4 nitrogen and oxygen atoms in total. The second-order valence-corrected chi connectivity index (χ2v) is 4.47. The zero-order valence-electron chi connectivity index (χ0n) is 9.41. The van der Waals surface area contributed by atoms with Gasteiger partial charge in [0.15, 0.2) is 11.6 Å². The number of rotatable bonds is 3. The van der Waals surface area contributed by atoms with E-state index in [0.29, 0.717) is 6.42 Å². The highest BCUT2D eigenvalue weighted by molar-refractivity contribution is 7.15. The summed E-state index contributed by atoms with van der Waals surface area (Å²) in [5.41, 5.74) is -0.358. The predicted molar refractivity (Wildman–Crippen MR) is 63.6 cm³/mol. The summed E-state index contributed by atoms with van der Waals surface area (Å²) in [6, 6.07) is 3.42. The lowest BCUT2D eigenvalue weighted by Gasteiger charge is -2.02. The number of nitrogens with zero attached hydrogens (tertiary/aromatic N) is 2. The maximum absolute atomic E-state index is 13.4. The van der Waals surface area contributed by atoms with E-state index in [1.54, 1.807) is 0 Å². The predicted octanol–water partition coefficient (Wildman–Crippen LogP) is 2.63. The number of nitrogens with one attached hydrogen (secondary N) is 1. The molecule has 0 aliphatic rings. The Bertz CT molecular complexity index is 585. The monoisotopic (exact) mass is 269 g/mol. The summed E-state index contributed by atoms with van der Waals surface area (Å²) in [4.78, 5) is 11.7. The van der Waals surface area contributed by atoms with Crippen molar-refractivity contribution in [3.63, 3.8) is 0 Å². The van der Waals surface area contributed by atoms with Gasteiger partial charge in [0.2, 0.25) is 5.13 Å². The van der Waals surface area contributed by atoms with Crippen LogP contribution < -0.4 is 5.32 Å². The molecule has 1 aromatic heterocycles. The van der Waals surface area contributed by atoms with E-state index >= 15 is 0 Å². The van der Waals surface area contributed by atoms with Crippen LogP contribution >= 0.6 is 11.3 Å². The van der Waals surface area contributed by atoms with Gasteiger partial charge in [0.1, 0.15) is 5.01 Å². The molecule has 0 spiro atoms. The van der Waals surface area contributed by atoms with Gasteiger partial charge in [0, 0.05) is 0 Å². The van der Waals surface area contributed by atoms with Gasteiger partial charge in [0.05, 0.1) is 5.56 Å². The summed E-state index contributed by atoms with van der Waals surface area (Å²) < 4.78 is 26.3. The molecule has 0 bridgehead atoms. The number of hydrogen-bond donors (Lipinski definition) is 1. The fourth-order valence-corrected chi connectivity index (χ4v) is 1.97. The number of aryl methyl sites for hydroxylation is 1. The largest absolute Gasteiger partial charge is 0.296 e. The van der Waals surface area contributed by atoms with Gasteiger partial charge in [0.25, 0.3) is 5.91 Å². The van der Waals surface area contributed by atoms with Crippen LogP contribution in [0.15, 0.2) is 18.2 Å². The average Bonchev–Trinajstić information content (AvgIpc) is 2.80. The van der Waals surface area contributed by atoms with Gasteiger partial charge in [-0.15, -0.1) is 10.2 Å². The molecule has 0 aliphatic carbocycles. The number of carbonyl (C=O) groups excluding carboxylic acids is 1. The summed E-state index contributed by atoms with van der Waals surface area (Å²) in [5.74, 6) is -2.98. The third kappa shape index (κ3) is 2.51. The van der Waals surface area contributed by atoms with E-state index in [4.69, 9.17) is 0 Å². The highest BCUT2D eigenvalue weighted by Crippen LogP contribution is 2.18. The Morgan fingerprint density at radius 1 is 1.39 bits per heavy atom. The number of anilines is 1. The van der Waals surface area contributed by atoms with E-state index in [-0.39, 0.29) is 10.7 Å². The van der Waals surface area contributed by atoms with Crippen molar-refractivity contribution in [3.8, 4) is 0 Å². The Hall–Kier alpha value is -1.89. The van der Waals surface area contributed by atoms with Crippen molar-refractivity contribution < 1.29 is 13.6 Å². The van der Waals surface area contributed by atoms with Crippen molar-refractivity contribution in [2.75, 3.05) is 5.32 Å². The second-order valence-electron chi connectivity index (χ2n) is 3.41. The quantitative estimate of drug-likeness (QED) is 0.932. The van der Waals surface area contributed by atoms with Crippen molar-refractivity contribution in [3.05, 3.63) is 40.4 Å². The lowest BCUT2D eigenvalue weighted by molar-refractivity contribution is 0.102. The van der Waals surface area contributed by atoms with Crippen LogP contribution in [0, 0.1) is 11.6 Å². The van der Waals surface area contributed by atoms with Crippen molar-refractivity contribution >= 4 is 22.4 Å². The van der Waals surface area contributed by atoms with Crippen LogP contribution in [0.1, 0.15) is 22.3 Å². The molecule has 0 aliphatic heterocycles. The average molecular weight is 269 g/mol. The summed E-state index contributed by atoms with van der Waals surface area (Å²) in [5, 5.41) is 10.9. The van der Waals surface area contributed by atoms with Crippen molar-refractivity contribution in [2.45, 2.75) is 13.3 Å². The number of hydrogen-bond acceptors (Lipinski definition) is 4. The molecule has 1 heterocycles. The third-order valence-electron chi connectivity index (χ3n) is 2.19. The van der Waals surface area contributed by atoms with Gasteiger partial charge in [-0.3, -0.25) is 10.1 Å². The number of benzene rings is 1. The molecular formula is C11H9F2N3OS. The highest BCUT2D eigenvalue weighted by Gasteiger charge is 2.16. The molecule has 0 radical (unpaired) electrons. The minimum absolute atomic E-state index is 0.264. The van der Waals surface area contributed by atoms with Gasteiger partial charge < -0.3 is 0 Å². The van der Waals surface area contributed by atoms with Gasteiger partial charge >= 0.3 is 0 Å². The topological polar surface area (TPSA) is 54.9 Å². The number of carbonyl (C=O) groups is 1. The lowest BCUT2D eigenvalue weighted by atomic mass is 10.2. The van der Waals surface area contributed by atoms with Crippen LogP contribution in [0.4, 0.5) is 13.9 Å². The number of aromatic nitrogens is 2. The molecule has 2 aromatic rings. The fourth-order valence-electron chi connectivity index (χ4n) is 1.29. The molecule has 94 valence electrons. The minimum Gasteiger partial charge on any atom is -0.296 e. The maximum Gasteiger partial charge on any atom is 0.260 e. The SMILES string of the molecule is CCc1nnc(NC(=O)c2cccc(F)c2F)s1. The Morgan fingerprint density at radius 3 is 2.83 bits per heavy atom. The van der Waals surface area contributed by atoms with Crippen molar-refractivity contribution in [1.82, 2.24) is 10.2 Å². The highest BCUT2D eigenvalue weighted by atomic mass is 32.1. The van der Waals surface area contributed by atoms with Crippen molar-refractivity contribution in [1.29, 1.82) is 0 Å². The zero-order chi connectivity index (χ0) is 13.1. The normalized spacial score (nSPS) is 10.4. The van der Waals surface area contributed by atoms with Crippen LogP contribution in [0.2, 0.25) is 0 Å². The van der Waals surface area contributed by atoms with Crippen LogP contribution in [-0.4, -0.2) is 16.1 Å². The summed E-state index contributed by atoms with van der Waals surface area (Å²) in [6.45, 7) is 1.90. The maximum atomic E-state index is 13.4. The van der Waals surface area contributed by atoms with Crippen molar-refractivity contribution in [2.24, 2.45) is 0 Å². The van der Waals surface area contributed by atoms with Gasteiger partial charge in [-0.1, -0.05) is 24.3 Å². The third-order valence-corrected chi connectivity index (χ3v) is 3.17. The number of halogens is 2. The fraction of sp³-hybridized carbons (Fsp3) is 0.182. The molecule has 1 aromatic carbocycles. The second kappa shape index (κ2) is 5.18. The lowest BCUT2D eigenvalue weighted by Crippen LogP contribution is -2.14. The molecule has 1 N–H and O–H groups in total. The van der Waals surface area contributed by atoms with Gasteiger partial charge in [-0.05, 0) is 18.6 Å².